The number of pyridine rings is 1. The average Bonchev–Trinajstić information content (AvgIpc) is 1.99. The highest BCUT2D eigenvalue weighted by molar-refractivity contribution is 5.23. The molecule has 0 fully saturated rings. The van der Waals surface area contributed by atoms with Gasteiger partial charge in [-0.05, 0) is 0 Å². The summed E-state index contributed by atoms with van der Waals surface area (Å²) in [6.45, 7) is 0. The summed E-state index contributed by atoms with van der Waals surface area (Å²) in [6.07, 6.45) is -2.94. The molecule has 1 rings (SSSR count). The molecule has 12 heavy (non-hydrogen) atoms. The fourth-order valence-corrected chi connectivity index (χ4v) is 0.667. The van der Waals surface area contributed by atoms with E-state index in [9.17, 15) is 18.0 Å². The quantitative estimate of drug-likeness (QED) is 0.679. The van der Waals surface area contributed by atoms with E-state index in [1.807, 2.05) is 0 Å². The number of hydrogen-bond donors (Lipinski definition) is 2. The number of H-pyrrole nitrogens is 1. The number of aromatic amines is 1. The summed E-state index contributed by atoms with van der Waals surface area (Å²) in [4.78, 5) is 12.0. The van der Waals surface area contributed by atoms with E-state index < -0.39 is 29.2 Å². The summed E-state index contributed by atoms with van der Waals surface area (Å²) in [5.74, 6) is -2.53. The molecule has 0 saturated heterocycles. The van der Waals surface area contributed by atoms with Crippen molar-refractivity contribution >= 4 is 0 Å². The van der Waals surface area contributed by atoms with Gasteiger partial charge in [-0.25, -0.2) is 8.78 Å². The zero-order chi connectivity index (χ0) is 9.30. The van der Waals surface area contributed by atoms with Crippen molar-refractivity contribution in [3.8, 4) is 5.75 Å². The third-order valence-corrected chi connectivity index (χ3v) is 1.21. The Morgan fingerprint density at radius 1 is 1.50 bits per heavy atom. The lowest BCUT2D eigenvalue weighted by Crippen LogP contribution is -2.12. The Kier molecular flexibility index (Phi) is 2.07. The van der Waals surface area contributed by atoms with Gasteiger partial charge in [-0.3, -0.25) is 4.79 Å². The maximum Gasteiger partial charge on any atom is 0.288 e. The highest BCUT2D eigenvalue weighted by Gasteiger charge is 2.13. The smallest absolute Gasteiger partial charge is 0.288 e. The van der Waals surface area contributed by atoms with Gasteiger partial charge >= 0.3 is 0 Å². The van der Waals surface area contributed by atoms with E-state index in [0.29, 0.717) is 6.07 Å². The second-order valence-corrected chi connectivity index (χ2v) is 2.05. The normalized spacial score (nSPS) is 10.7. The monoisotopic (exact) mass is 179 g/mol. The second kappa shape index (κ2) is 2.88. The second-order valence-electron chi connectivity index (χ2n) is 2.05. The molecule has 3 nitrogen and oxygen atoms in total. The van der Waals surface area contributed by atoms with Crippen LogP contribution in [0.4, 0.5) is 13.2 Å². The Bertz CT molecular complexity index is 347. The standard InChI is InChI=1S/C6H4F3NO2/c7-4-3(11)1-2(5(8)9)10-6(4)12/h1,5H,(H2,10,11,12). The lowest BCUT2D eigenvalue weighted by molar-refractivity contribution is 0.145. The zero-order valence-corrected chi connectivity index (χ0v) is 5.64. The molecule has 0 radical (unpaired) electrons. The van der Waals surface area contributed by atoms with E-state index in [1.165, 1.54) is 0 Å². The Morgan fingerprint density at radius 2 is 2.08 bits per heavy atom. The van der Waals surface area contributed by atoms with Gasteiger partial charge in [0.1, 0.15) is 0 Å². The number of halogens is 3. The van der Waals surface area contributed by atoms with Crippen molar-refractivity contribution in [2.24, 2.45) is 0 Å². The van der Waals surface area contributed by atoms with Crippen molar-refractivity contribution in [2.45, 2.75) is 6.43 Å². The fraction of sp³-hybridized carbons (Fsp3) is 0.167. The summed E-state index contributed by atoms with van der Waals surface area (Å²) in [6, 6.07) is 0.474. The number of rotatable bonds is 1. The molecule has 0 aromatic carbocycles. The van der Waals surface area contributed by atoms with Crippen LogP contribution in [-0.4, -0.2) is 10.1 Å². The molecule has 0 atom stereocenters. The molecule has 0 bridgehead atoms. The first-order chi connectivity index (χ1) is 5.52. The molecule has 2 N–H and O–H groups in total. The molecule has 1 heterocycles. The van der Waals surface area contributed by atoms with E-state index in [2.05, 4.69) is 0 Å². The molecule has 0 saturated carbocycles. The van der Waals surface area contributed by atoms with Crippen LogP contribution < -0.4 is 5.56 Å². The molecule has 0 unspecified atom stereocenters. The van der Waals surface area contributed by atoms with Crippen LogP contribution in [-0.2, 0) is 0 Å². The highest BCUT2D eigenvalue weighted by atomic mass is 19.3. The Morgan fingerprint density at radius 3 is 2.50 bits per heavy atom. The van der Waals surface area contributed by atoms with E-state index in [0.717, 1.165) is 0 Å². The zero-order valence-electron chi connectivity index (χ0n) is 5.64. The van der Waals surface area contributed by atoms with Crippen LogP contribution in [0, 0.1) is 5.82 Å². The largest absolute Gasteiger partial charge is 0.505 e. The predicted octanol–water partition coefficient (Wildman–Crippen LogP) is 1.16. The van der Waals surface area contributed by atoms with Gasteiger partial charge in [0.05, 0.1) is 5.69 Å². The Balaban J connectivity index is 3.31. The SMILES string of the molecule is O=c1[nH]c(C(F)F)cc(O)c1F. The van der Waals surface area contributed by atoms with E-state index in [1.54, 1.807) is 4.98 Å². The lowest BCUT2D eigenvalue weighted by Gasteiger charge is -1.99. The van der Waals surface area contributed by atoms with Crippen molar-refractivity contribution < 1.29 is 18.3 Å². The summed E-state index contributed by atoms with van der Waals surface area (Å²) >= 11 is 0. The van der Waals surface area contributed by atoms with Crippen LogP contribution in [0.25, 0.3) is 0 Å². The Hall–Kier alpha value is -1.46. The lowest BCUT2D eigenvalue weighted by atomic mass is 10.3. The molecule has 6 heteroatoms. The van der Waals surface area contributed by atoms with Crippen LogP contribution in [0.2, 0.25) is 0 Å². The summed E-state index contributed by atoms with van der Waals surface area (Å²) in [5.41, 5.74) is -2.16. The van der Waals surface area contributed by atoms with Gasteiger partial charge in [-0.1, -0.05) is 0 Å². The first-order valence-corrected chi connectivity index (χ1v) is 2.92. The molecule has 1 aromatic rings. The third kappa shape index (κ3) is 1.41. The Labute approximate surface area is 64.5 Å². The minimum Gasteiger partial charge on any atom is -0.505 e. The van der Waals surface area contributed by atoms with E-state index in [4.69, 9.17) is 5.11 Å². The molecule has 0 aliphatic carbocycles. The van der Waals surface area contributed by atoms with Crippen molar-refractivity contribution in [3.05, 3.63) is 27.9 Å². The maximum absolute atomic E-state index is 12.3. The van der Waals surface area contributed by atoms with Gasteiger partial charge in [0.2, 0.25) is 5.82 Å². The van der Waals surface area contributed by atoms with Gasteiger partial charge in [-0.15, -0.1) is 0 Å². The predicted molar refractivity (Wildman–Crippen MR) is 33.6 cm³/mol. The van der Waals surface area contributed by atoms with Crippen molar-refractivity contribution in [2.75, 3.05) is 0 Å². The van der Waals surface area contributed by atoms with Crippen molar-refractivity contribution in [3.63, 3.8) is 0 Å². The van der Waals surface area contributed by atoms with Crippen LogP contribution in [0.15, 0.2) is 10.9 Å². The average molecular weight is 179 g/mol. The van der Waals surface area contributed by atoms with Gasteiger partial charge < -0.3 is 10.1 Å². The fourth-order valence-electron chi connectivity index (χ4n) is 0.667. The number of hydrogen-bond acceptors (Lipinski definition) is 2. The molecule has 0 spiro atoms. The molecule has 66 valence electrons. The van der Waals surface area contributed by atoms with E-state index >= 15 is 0 Å². The van der Waals surface area contributed by atoms with Gasteiger partial charge in [-0.2, -0.15) is 4.39 Å². The summed E-state index contributed by atoms with van der Waals surface area (Å²) in [5, 5.41) is 8.60. The first kappa shape index (κ1) is 8.63. The number of nitrogens with one attached hydrogen (secondary N) is 1. The van der Waals surface area contributed by atoms with Crippen LogP contribution in [0.5, 0.6) is 5.75 Å². The minimum atomic E-state index is -2.94. The van der Waals surface area contributed by atoms with Gasteiger partial charge in [0.15, 0.2) is 5.75 Å². The third-order valence-electron chi connectivity index (χ3n) is 1.21. The topological polar surface area (TPSA) is 53.1 Å². The first-order valence-electron chi connectivity index (χ1n) is 2.92. The summed E-state index contributed by atoms with van der Waals surface area (Å²) < 4.78 is 36.0. The highest BCUT2D eigenvalue weighted by Crippen LogP contribution is 2.19. The molecule has 0 aliphatic rings. The van der Waals surface area contributed by atoms with Gasteiger partial charge in [0, 0.05) is 6.07 Å². The maximum atomic E-state index is 12.3. The molecular weight excluding hydrogens is 175 g/mol. The van der Waals surface area contributed by atoms with Crippen molar-refractivity contribution in [1.29, 1.82) is 0 Å². The van der Waals surface area contributed by atoms with Gasteiger partial charge in [0.25, 0.3) is 12.0 Å². The van der Waals surface area contributed by atoms with E-state index in [-0.39, 0.29) is 0 Å². The van der Waals surface area contributed by atoms with Crippen molar-refractivity contribution in [1.82, 2.24) is 4.98 Å². The molecule has 0 amide bonds. The molecular formula is C6H4F3NO2. The van der Waals surface area contributed by atoms with Crippen LogP contribution >= 0.6 is 0 Å². The number of alkyl halides is 2. The number of aromatic hydroxyl groups is 1. The number of aromatic nitrogens is 1. The minimum absolute atomic E-state index is 0.474. The van der Waals surface area contributed by atoms with Crippen LogP contribution in [0.3, 0.4) is 0 Å². The molecule has 0 aliphatic heterocycles. The van der Waals surface area contributed by atoms with Crippen LogP contribution in [0.1, 0.15) is 12.1 Å². The molecule has 1 aromatic heterocycles. The summed E-state index contributed by atoms with van der Waals surface area (Å²) in [7, 11) is 0.